The molecule has 3 rings (SSSR count). The van der Waals surface area contributed by atoms with E-state index in [9.17, 15) is 4.79 Å². The van der Waals surface area contributed by atoms with Gasteiger partial charge in [0.25, 0.3) is 5.91 Å². The molecule has 0 fully saturated rings. The zero-order valence-corrected chi connectivity index (χ0v) is 14.5. The smallest absolute Gasteiger partial charge is 0.274 e. The Morgan fingerprint density at radius 2 is 1.84 bits per heavy atom. The molecule has 0 unspecified atom stereocenters. The SMILES string of the molecule is Cc1ccc(CNc2ccnc(C(=O)Nc3cccc(Cl)c3)c2)cc1. The van der Waals surface area contributed by atoms with E-state index in [-0.39, 0.29) is 5.91 Å². The minimum Gasteiger partial charge on any atom is -0.381 e. The van der Waals surface area contributed by atoms with Crippen LogP contribution in [0.4, 0.5) is 11.4 Å². The van der Waals surface area contributed by atoms with Crippen LogP contribution in [0.2, 0.25) is 5.02 Å². The first-order valence-electron chi connectivity index (χ1n) is 7.92. The lowest BCUT2D eigenvalue weighted by molar-refractivity contribution is 0.102. The quantitative estimate of drug-likeness (QED) is 0.686. The summed E-state index contributed by atoms with van der Waals surface area (Å²) in [7, 11) is 0. The molecule has 1 aromatic heterocycles. The molecule has 5 heteroatoms. The molecule has 3 aromatic rings. The van der Waals surface area contributed by atoms with Gasteiger partial charge in [-0.15, -0.1) is 0 Å². The number of nitrogens with zero attached hydrogens (tertiary/aromatic N) is 1. The van der Waals surface area contributed by atoms with Crippen molar-refractivity contribution in [2.45, 2.75) is 13.5 Å². The standard InChI is InChI=1S/C20H18ClN3O/c1-14-5-7-15(8-6-14)13-23-17-9-10-22-19(12-17)20(25)24-18-4-2-3-16(21)11-18/h2-12H,13H2,1H3,(H,22,23)(H,24,25). The van der Waals surface area contributed by atoms with E-state index in [2.05, 4.69) is 46.8 Å². The van der Waals surface area contributed by atoms with Crippen LogP contribution in [0.15, 0.2) is 66.9 Å². The number of anilines is 2. The molecule has 126 valence electrons. The summed E-state index contributed by atoms with van der Waals surface area (Å²) in [5.41, 5.74) is 4.22. The topological polar surface area (TPSA) is 54.0 Å². The number of halogens is 1. The summed E-state index contributed by atoms with van der Waals surface area (Å²) in [5, 5.41) is 6.67. The predicted octanol–water partition coefficient (Wildman–Crippen LogP) is 4.91. The molecule has 2 N–H and O–H groups in total. The summed E-state index contributed by atoms with van der Waals surface area (Å²) < 4.78 is 0. The van der Waals surface area contributed by atoms with Crippen molar-refractivity contribution in [3.63, 3.8) is 0 Å². The van der Waals surface area contributed by atoms with E-state index in [1.807, 2.05) is 6.07 Å². The Morgan fingerprint density at radius 1 is 1.04 bits per heavy atom. The fraction of sp³-hybridized carbons (Fsp3) is 0.100. The number of aromatic nitrogens is 1. The molecule has 25 heavy (non-hydrogen) atoms. The molecule has 0 aliphatic heterocycles. The average Bonchev–Trinajstić information content (AvgIpc) is 2.61. The number of carbonyl (C=O) groups excluding carboxylic acids is 1. The first-order valence-corrected chi connectivity index (χ1v) is 8.30. The number of rotatable bonds is 5. The van der Waals surface area contributed by atoms with E-state index >= 15 is 0 Å². The lowest BCUT2D eigenvalue weighted by atomic mass is 10.1. The zero-order valence-electron chi connectivity index (χ0n) is 13.8. The van der Waals surface area contributed by atoms with Gasteiger partial charge in [-0.2, -0.15) is 0 Å². The largest absolute Gasteiger partial charge is 0.381 e. The minimum absolute atomic E-state index is 0.277. The van der Waals surface area contributed by atoms with Gasteiger partial charge < -0.3 is 10.6 Å². The van der Waals surface area contributed by atoms with Gasteiger partial charge in [0.15, 0.2) is 0 Å². The lowest BCUT2D eigenvalue weighted by Gasteiger charge is -2.09. The van der Waals surface area contributed by atoms with E-state index in [0.717, 1.165) is 5.69 Å². The van der Waals surface area contributed by atoms with Crippen LogP contribution in [0.25, 0.3) is 0 Å². The van der Waals surface area contributed by atoms with Crippen molar-refractivity contribution >= 4 is 28.9 Å². The molecule has 1 heterocycles. The molecule has 4 nitrogen and oxygen atoms in total. The van der Waals surface area contributed by atoms with Gasteiger partial charge in [-0.3, -0.25) is 9.78 Å². The second kappa shape index (κ2) is 7.81. The predicted molar refractivity (Wildman–Crippen MR) is 102 cm³/mol. The van der Waals surface area contributed by atoms with Crippen LogP contribution in [-0.2, 0) is 6.54 Å². The van der Waals surface area contributed by atoms with E-state index in [4.69, 9.17) is 11.6 Å². The summed E-state index contributed by atoms with van der Waals surface area (Å²) in [4.78, 5) is 16.5. The Bertz CT molecular complexity index is 878. The molecule has 2 aromatic carbocycles. The fourth-order valence-electron chi connectivity index (χ4n) is 2.34. The first-order chi connectivity index (χ1) is 12.1. The van der Waals surface area contributed by atoms with E-state index in [0.29, 0.717) is 22.9 Å². The number of aryl methyl sites for hydroxylation is 1. The Kier molecular flexibility index (Phi) is 5.31. The monoisotopic (exact) mass is 351 g/mol. The summed E-state index contributed by atoms with van der Waals surface area (Å²) in [5.74, 6) is -0.277. The maximum atomic E-state index is 12.3. The number of pyridine rings is 1. The Hall–Kier alpha value is -2.85. The molecule has 1 amide bonds. The average molecular weight is 352 g/mol. The second-order valence-corrected chi connectivity index (χ2v) is 6.17. The molecule has 0 bridgehead atoms. The number of hydrogen-bond donors (Lipinski definition) is 2. The van der Waals surface area contributed by atoms with Gasteiger partial charge in [-0.25, -0.2) is 0 Å². The highest BCUT2D eigenvalue weighted by Gasteiger charge is 2.09. The summed E-state index contributed by atoms with van der Waals surface area (Å²) in [6, 6.07) is 18.9. The van der Waals surface area contributed by atoms with Crippen molar-refractivity contribution in [3.05, 3.63) is 88.7 Å². The van der Waals surface area contributed by atoms with Crippen LogP contribution in [-0.4, -0.2) is 10.9 Å². The van der Waals surface area contributed by atoms with Crippen molar-refractivity contribution in [2.24, 2.45) is 0 Å². The maximum Gasteiger partial charge on any atom is 0.274 e. The number of nitrogens with one attached hydrogen (secondary N) is 2. The Morgan fingerprint density at radius 3 is 2.60 bits per heavy atom. The summed E-state index contributed by atoms with van der Waals surface area (Å²) in [6.45, 7) is 2.74. The molecule has 0 saturated carbocycles. The molecular formula is C20H18ClN3O. The number of carbonyl (C=O) groups is 1. The highest BCUT2D eigenvalue weighted by molar-refractivity contribution is 6.30. The van der Waals surface area contributed by atoms with Crippen molar-refractivity contribution < 1.29 is 4.79 Å². The Balaban J connectivity index is 1.66. The molecule has 0 atom stereocenters. The number of amides is 1. The van der Waals surface area contributed by atoms with E-state index < -0.39 is 0 Å². The number of benzene rings is 2. The van der Waals surface area contributed by atoms with Gasteiger partial charge in [0.1, 0.15) is 5.69 Å². The van der Waals surface area contributed by atoms with Gasteiger partial charge in [-0.1, -0.05) is 47.5 Å². The van der Waals surface area contributed by atoms with Gasteiger partial charge >= 0.3 is 0 Å². The van der Waals surface area contributed by atoms with Gasteiger partial charge in [0.2, 0.25) is 0 Å². The molecule has 0 spiro atoms. The van der Waals surface area contributed by atoms with Crippen molar-refractivity contribution in [1.82, 2.24) is 4.98 Å². The van der Waals surface area contributed by atoms with E-state index in [1.54, 1.807) is 36.5 Å². The van der Waals surface area contributed by atoms with Crippen molar-refractivity contribution in [2.75, 3.05) is 10.6 Å². The summed E-state index contributed by atoms with van der Waals surface area (Å²) in [6.07, 6.45) is 1.62. The first kappa shape index (κ1) is 17.0. The van der Waals surface area contributed by atoms with Crippen LogP contribution in [0.3, 0.4) is 0 Å². The van der Waals surface area contributed by atoms with Gasteiger partial charge in [0, 0.05) is 29.1 Å². The molecule has 0 saturated heterocycles. The highest BCUT2D eigenvalue weighted by atomic mass is 35.5. The number of hydrogen-bond acceptors (Lipinski definition) is 3. The van der Waals surface area contributed by atoms with Crippen LogP contribution >= 0.6 is 11.6 Å². The third-order valence-electron chi connectivity index (χ3n) is 3.69. The second-order valence-electron chi connectivity index (χ2n) is 5.73. The van der Waals surface area contributed by atoms with Gasteiger partial charge in [-0.05, 0) is 42.8 Å². The van der Waals surface area contributed by atoms with Crippen LogP contribution in [0.1, 0.15) is 21.6 Å². The highest BCUT2D eigenvalue weighted by Crippen LogP contribution is 2.16. The van der Waals surface area contributed by atoms with Gasteiger partial charge in [0.05, 0.1) is 0 Å². The normalized spacial score (nSPS) is 10.3. The Labute approximate surface area is 151 Å². The molecular weight excluding hydrogens is 334 g/mol. The van der Waals surface area contributed by atoms with Crippen LogP contribution in [0, 0.1) is 6.92 Å². The molecule has 0 aliphatic carbocycles. The van der Waals surface area contributed by atoms with Crippen LogP contribution < -0.4 is 10.6 Å². The van der Waals surface area contributed by atoms with Crippen molar-refractivity contribution in [3.8, 4) is 0 Å². The van der Waals surface area contributed by atoms with Crippen LogP contribution in [0.5, 0.6) is 0 Å². The fourth-order valence-corrected chi connectivity index (χ4v) is 2.53. The maximum absolute atomic E-state index is 12.3. The van der Waals surface area contributed by atoms with Crippen molar-refractivity contribution in [1.29, 1.82) is 0 Å². The van der Waals surface area contributed by atoms with E-state index in [1.165, 1.54) is 11.1 Å². The third kappa shape index (κ3) is 4.81. The molecule has 0 aliphatic rings. The lowest BCUT2D eigenvalue weighted by Crippen LogP contribution is -2.14. The summed E-state index contributed by atoms with van der Waals surface area (Å²) >= 11 is 5.93. The molecule has 0 radical (unpaired) electrons. The minimum atomic E-state index is -0.277. The zero-order chi connectivity index (χ0) is 17.6. The third-order valence-corrected chi connectivity index (χ3v) is 3.93.